The van der Waals surface area contributed by atoms with E-state index in [-0.39, 0.29) is 17.7 Å². The SMILES string of the molecule is Nc1cc(C(O)C(O)CCS)ccc1OC(F)(F)F. The Bertz CT molecular complexity index is 428. The van der Waals surface area contributed by atoms with E-state index in [1.54, 1.807) is 0 Å². The van der Waals surface area contributed by atoms with Gasteiger partial charge in [0.05, 0.1) is 11.8 Å². The molecule has 8 heteroatoms. The van der Waals surface area contributed by atoms with E-state index < -0.39 is 24.3 Å². The number of thiol groups is 1. The van der Waals surface area contributed by atoms with Crippen LogP contribution in [0.4, 0.5) is 18.9 Å². The number of nitrogen functional groups attached to an aromatic ring is 1. The van der Waals surface area contributed by atoms with Crippen molar-refractivity contribution in [3.63, 3.8) is 0 Å². The maximum absolute atomic E-state index is 12.0. The first-order valence-corrected chi connectivity index (χ1v) is 6.00. The molecule has 0 radical (unpaired) electrons. The maximum Gasteiger partial charge on any atom is 0.573 e. The van der Waals surface area contributed by atoms with E-state index in [2.05, 4.69) is 17.4 Å². The van der Waals surface area contributed by atoms with Crippen molar-refractivity contribution in [1.29, 1.82) is 0 Å². The number of aliphatic hydroxyl groups is 2. The lowest BCUT2D eigenvalue weighted by Crippen LogP contribution is -2.20. The fourth-order valence-electron chi connectivity index (χ4n) is 1.48. The molecule has 19 heavy (non-hydrogen) atoms. The van der Waals surface area contributed by atoms with Crippen molar-refractivity contribution >= 4 is 18.3 Å². The first-order chi connectivity index (χ1) is 8.74. The number of ether oxygens (including phenoxy) is 1. The Morgan fingerprint density at radius 3 is 2.42 bits per heavy atom. The van der Waals surface area contributed by atoms with Crippen LogP contribution >= 0.6 is 12.6 Å². The van der Waals surface area contributed by atoms with Gasteiger partial charge in [-0.05, 0) is 29.9 Å². The fourth-order valence-corrected chi connectivity index (χ4v) is 1.75. The highest BCUT2D eigenvalue weighted by atomic mass is 32.1. The Morgan fingerprint density at radius 1 is 1.32 bits per heavy atom. The van der Waals surface area contributed by atoms with E-state index >= 15 is 0 Å². The van der Waals surface area contributed by atoms with Crippen molar-refractivity contribution in [2.45, 2.75) is 25.0 Å². The number of rotatable bonds is 5. The summed E-state index contributed by atoms with van der Waals surface area (Å²) >= 11 is 3.91. The van der Waals surface area contributed by atoms with Crippen LogP contribution in [0.25, 0.3) is 0 Å². The average Bonchev–Trinajstić information content (AvgIpc) is 2.29. The largest absolute Gasteiger partial charge is 0.573 e. The minimum Gasteiger partial charge on any atom is -0.404 e. The zero-order valence-corrected chi connectivity index (χ0v) is 10.7. The van der Waals surface area contributed by atoms with E-state index in [0.717, 1.165) is 12.1 Å². The summed E-state index contributed by atoms with van der Waals surface area (Å²) in [4.78, 5) is 0. The number of hydrogen-bond acceptors (Lipinski definition) is 5. The van der Waals surface area contributed by atoms with Crippen molar-refractivity contribution in [3.8, 4) is 5.75 Å². The summed E-state index contributed by atoms with van der Waals surface area (Å²) in [5, 5.41) is 19.3. The lowest BCUT2D eigenvalue weighted by molar-refractivity contribution is -0.274. The van der Waals surface area contributed by atoms with Gasteiger partial charge in [0.15, 0.2) is 5.75 Å². The van der Waals surface area contributed by atoms with E-state index in [9.17, 15) is 23.4 Å². The van der Waals surface area contributed by atoms with Crippen molar-refractivity contribution in [3.05, 3.63) is 23.8 Å². The highest BCUT2D eigenvalue weighted by Gasteiger charge is 2.32. The smallest absolute Gasteiger partial charge is 0.404 e. The van der Waals surface area contributed by atoms with Crippen molar-refractivity contribution in [2.24, 2.45) is 0 Å². The van der Waals surface area contributed by atoms with E-state index in [1.807, 2.05) is 0 Å². The molecule has 0 bridgehead atoms. The van der Waals surface area contributed by atoms with E-state index in [1.165, 1.54) is 6.07 Å². The van der Waals surface area contributed by atoms with Gasteiger partial charge in [0.1, 0.15) is 6.10 Å². The molecule has 0 spiro atoms. The maximum atomic E-state index is 12.0. The van der Waals surface area contributed by atoms with Gasteiger partial charge in [0.2, 0.25) is 0 Å². The van der Waals surface area contributed by atoms with Gasteiger partial charge < -0.3 is 20.7 Å². The number of hydrogen-bond donors (Lipinski definition) is 4. The predicted molar refractivity (Wildman–Crippen MR) is 67.0 cm³/mol. The van der Waals surface area contributed by atoms with E-state index in [0.29, 0.717) is 5.75 Å². The molecule has 4 nitrogen and oxygen atoms in total. The highest BCUT2D eigenvalue weighted by Crippen LogP contribution is 2.31. The van der Waals surface area contributed by atoms with Crippen molar-refractivity contribution in [2.75, 3.05) is 11.5 Å². The first-order valence-electron chi connectivity index (χ1n) is 5.36. The number of halogens is 3. The third-order valence-corrected chi connectivity index (χ3v) is 2.65. The number of nitrogens with two attached hydrogens (primary N) is 1. The van der Waals surface area contributed by atoms with Crippen LogP contribution in [0.3, 0.4) is 0 Å². The summed E-state index contributed by atoms with van der Waals surface area (Å²) in [5.41, 5.74) is 5.35. The molecule has 0 aliphatic carbocycles. The molecular weight excluding hydrogens is 283 g/mol. The molecule has 2 atom stereocenters. The molecule has 4 N–H and O–H groups in total. The summed E-state index contributed by atoms with van der Waals surface area (Å²) < 4.78 is 39.8. The summed E-state index contributed by atoms with van der Waals surface area (Å²) in [5.74, 6) is -0.185. The normalized spacial score (nSPS) is 15.1. The quantitative estimate of drug-likeness (QED) is 0.494. The zero-order valence-electron chi connectivity index (χ0n) is 9.76. The Balaban J connectivity index is 2.87. The molecule has 1 aromatic rings. The number of anilines is 1. The molecule has 0 heterocycles. The molecule has 1 rings (SSSR count). The zero-order chi connectivity index (χ0) is 14.6. The van der Waals surface area contributed by atoms with Gasteiger partial charge in [-0.2, -0.15) is 12.6 Å². The van der Waals surface area contributed by atoms with Crippen LogP contribution in [-0.4, -0.2) is 28.4 Å². The monoisotopic (exact) mass is 297 g/mol. The minimum absolute atomic E-state index is 0.210. The van der Waals surface area contributed by atoms with Gasteiger partial charge in [-0.3, -0.25) is 0 Å². The second-order valence-corrected chi connectivity index (χ2v) is 4.32. The standard InChI is InChI=1S/C11H14F3NO3S/c12-11(13,14)18-9-2-1-6(5-7(9)15)10(17)8(16)3-4-19/h1-2,5,8,10,16-17,19H,3-4,15H2. The lowest BCUT2D eigenvalue weighted by Gasteiger charge is -2.19. The van der Waals surface area contributed by atoms with Crippen LogP contribution in [0.15, 0.2) is 18.2 Å². The van der Waals surface area contributed by atoms with Crippen molar-refractivity contribution in [1.82, 2.24) is 0 Å². The summed E-state index contributed by atoms with van der Waals surface area (Å²) in [6, 6.07) is 3.34. The molecule has 0 fully saturated rings. The van der Waals surface area contributed by atoms with Gasteiger partial charge in [-0.15, -0.1) is 13.2 Å². The second kappa shape index (κ2) is 6.36. The Kier molecular flexibility index (Phi) is 5.33. The third kappa shape index (κ3) is 4.81. The number of alkyl halides is 3. The summed E-state index contributed by atoms with van der Waals surface area (Å²) in [7, 11) is 0. The fraction of sp³-hybridized carbons (Fsp3) is 0.455. The average molecular weight is 297 g/mol. The van der Waals surface area contributed by atoms with Crippen LogP contribution in [0.5, 0.6) is 5.75 Å². The summed E-state index contributed by atoms with van der Waals surface area (Å²) in [6.07, 6.45) is -6.90. The molecule has 108 valence electrons. The van der Waals surface area contributed by atoms with Gasteiger partial charge >= 0.3 is 6.36 Å². The molecule has 0 aliphatic heterocycles. The Morgan fingerprint density at radius 2 is 1.95 bits per heavy atom. The van der Waals surface area contributed by atoms with Gasteiger partial charge in [0.25, 0.3) is 0 Å². The molecule has 0 amide bonds. The van der Waals surface area contributed by atoms with Crippen LogP contribution in [0.1, 0.15) is 18.1 Å². The molecule has 1 aromatic carbocycles. The lowest BCUT2D eigenvalue weighted by atomic mass is 10.0. The topological polar surface area (TPSA) is 75.7 Å². The molecular formula is C11H14F3NO3S. The van der Waals surface area contributed by atoms with Crippen LogP contribution < -0.4 is 10.5 Å². The minimum atomic E-state index is -4.83. The molecule has 0 aliphatic rings. The Hall–Kier alpha value is -1.12. The van der Waals surface area contributed by atoms with E-state index in [4.69, 9.17) is 5.73 Å². The van der Waals surface area contributed by atoms with Crippen LogP contribution in [0, 0.1) is 0 Å². The number of benzene rings is 1. The van der Waals surface area contributed by atoms with Crippen molar-refractivity contribution < 1.29 is 28.1 Å². The second-order valence-electron chi connectivity index (χ2n) is 3.87. The molecule has 0 saturated carbocycles. The summed E-state index contributed by atoms with van der Waals surface area (Å²) in [6.45, 7) is 0. The van der Waals surface area contributed by atoms with Crippen LogP contribution in [-0.2, 0) is 0 Å². The molecule has 2 unspecified atom stereocenters. The van der Waals surface area contributed by atoms with Gasteiger partial charge in [0, 0.05) is 0 Å². The first kappa shape index (κ1) is 15.9. The molecule has 0 saturated heterocycles. The van der Waals surface area contributed by atoms with Gasteiger partial charge in [-0.25, -0.2) is 0 Å². The molecule has 0 aromatic heterocycles. The Labute approximate surface area is 113 Å². The van der Waals surface area contributed by atoms with Gasteiger partial charge in [-0.1, -0.05) is 6.07 Å². The van der Waals surface area contributed by atoms with Crippen LogP contribution in [0.2, 0.25) is 0 Å². The predicted octanol–water partition coefficient (Wildman–Crippen LogP) is 1.88. The third-order valence-electron chi connectivity index (χ3n) is 2.39. The highest BCUT2D eigenvalue weighted by molar-refractivity contribution is 7.80. The number of aliphatic hydroxyl groups excluding tert-OH is 2.